The Kier molecular flexibility index (Phi) is 9.66. The van der Waals surface area contributed by atoms with Crippen LogP contribution in [-0.4, -0.2) is 34.6 Å². The average Bonchev–Trinajstić information content (AvgIpc) is 2.81. The first-order valence-electron chi connectivity index (χ1n) is 11.9. The summed E-state index contributed by atoms with van der Waals surface area (Å²) in [6, 6.07) is 18.1. The topological polar surface area (TPSA) is 49.4 Å². The van der Waals surface area contributed by atoms with Gasteiger partial charge in [0.15, 0.2) is 0 Å². The number of amides is 2. The van der Waals surface area contributed by atoms with Crippen molar-refractivity contribution in [2.75, 3.05) is 5.75 Å². The fourth-order valence-corrected chi connectivity index (χ4v) is 5.21. The minimum atomic E-state index is -0.439. The van der Waals surface area contributed by atoms with Gasteiger partial charge in [-0.05, 0) is 49.4 Å². The Hall–Kier alpha value is -2.27. The molecule has 0 radical (unpaired) electrons. The van der Waals surface area contributed by atoms with Crippen LogP contribution in [0, 0.1) is 6.92 Å². The Labute approximate surface area is 197 Å². The zero-order chi connectivity index (χ0) is 22.8. The van der Waals surface area contributed by atoms with E-state index in [0.717, 1.165) is 28.9 Å². The highest BCUT2D eigenvalue weighted by atomic mass is 32.2. The lowest BCUT2D eigenvalue weighted by Crippen LogP contribution is -2.51. The molecule has 2 aromatic carbocycles. The Balaban J connectivity index is 1.71. The van der Waals surface area contributed by atoms with Crippen LogP contribution in [0.3, 0.4) is 0 Å². The standard InChI is InChI=1S/C27H36N2O2S/c1-3-25(27(31)28-23-14-6-4-7-15-23)29(20-22-13-11-10-12-21(22)2)26(30)18-19-32-24-16-8-5-9-17-24/h5,8-13,16-17,23,25H,3-4,6-7,14-15,18-20H2,1-2H3,(H,28,31)/t25-/m0/s1. The monoisotopic (exact) mass is 452 g/mol. The van der Waals surface area contributed by atoms with Gasteiger partial charge in [0.1, 0.15) is 6.04 Å². The van der Waals surface area contributed by atoms with Gasteiger partial charge in [-0.2, -0.15) is 0 Å². The zero-order valence-corrected chi connectivity index (χ0v) is 20.2. The molecule has 4 nitrogen and oxygen atoms in total. The van der Waals surface area contributed by atoms with E-state index >= 15 is 0 Å². The molecule has 0 aliphatic heterocycles. The molecule has 0 bridgehead atoms. The van der Waals surface area contributed by atoms with E-state index in [2.05, 4.69) is 36.5 Å². The number of hydrogen-bond donors (Lipinski definition) is 1. The first-order chi connectivity index (χ1) is 15.6. The van der Waals surface area contributed by atoms with E-state index < -0.39 is 6.04 Å². The quantitative estimate of drug-likeness (QED) is 0.468. The highest BCUT2D eigenvalue weighted by Crippen LogP contribution is 2.22. The minimum Gasteiger partial charge on any atom is -0.352 e. The number of aryl methyl sites for hydroxylation is 1. The second-order valence-corrected chi connectivity index (χ2v) is 9.80. The largest absolute Gasteiger partial charge is 0.352 e. The van der Waals surface area contributed by atoms with Crippen molar-refractivity contribution in [3.8, 4) is 0 Å². The molecule has 1 aliphatic carbocycles. The van der Waals surface area contributed by atoms with Crippen LogP contribution in [-0.2, 0) is 16.1 Å². The first-order valence-corrected chi connectivity index (χ1v) is 12.9. The van der Waals surface area contributed by atoms with Gasteiger partial charge in [0.05, 0.1) is 0 Å². The molecule has 3 rings (SSSR count). The van der Waals surface area contributed by atoms with E-state index in [-0.39, 0.29) is 17.9 Å². The summed E-state index contributed by atoms with van der Waals surface area (Å²) in [5, 5.41) is 3.25. The molecule has 5 heteroatoms. The molecular weight excluding hydrogens is 416 g/mol. The van der Waals surface area contributed by atoms with Crippen molar-refractivity contribution < 1.29 is 9.59 Å². The molecule has 0 unspecified atom stereocenters. The zero-order valence-electron chi connectivity index (χ0n) is 19.4. The highest BCUT2D eigenvalue weighted by molar-refractivity contribution is 7.99. The van der Waals surface area contributed by atoms with Gasteiger partial charge < -0.3 is 10.2 Å². The van der Waals surface area contributed by atoms with Gasteiger partial charge in [0, 0.05) is 29.7 Å². The third-order valence-corrected chi connectivity index (χ3v) is 7.28. The van der Waals surface area contributed by atoms with Gasteiger partial charge in [-0.25, -0.2) is 0 Å². The second-order valence-electron chi connectivity index (χ2n) is 8.63. The average molecular weight is 453 g/mol. The van der Waals surface area contributed by atoms with Gasteiger partial charge in [-0.15, -0.1) is 11.8 Å². The molecule has 2 amide bonds. The van der Waals surface area contributed by atoms with E-state index in [0.29, 0.717) is 25.1 Å². The molecule has 1 N–H and O–H groups in total. The summed E-state index contributed by atoms with van der Waals surface area (Å²) in [6.45, 7) is 4.53. The third-order valence-electron chi connectivity index (χ3n) is 6.27. The molecule has 0 heterocycles. The molecule has 172 valence electrons. The number of carbonyl (C=O) groups is 2. The van der Waals surface area contributed by atoms with E-state index in [1.165, 1.54) is 19.3 Å². The lowest BCUT2D eigenvalue weighted by atomic mass is 9.95. The summed E-state index contributed by atoms with van der Waals surface area (Å²) in [7, 11) is 0. The molecular formula is C27H36N2O2S. The smallest absolute Gasteiger partial charge is 0.243 e. The SMILES string of the molecule is CC[C@@H](C(=O)NC1CCCCC1)N(Cc1ccccc1C)C(=O)CCSc1ccccc1. The van der Waals surface area contributed by atoms with Gasteiger partial charge >= 0.3 is 0 Å². The normalized spacial score (nSPS) is 15.2. The molecule has 32 heavy (non-hydrogen) atoms. The summed E-state index contributed by atoms with van der Waals surface area (Å²) in [4.78, 5) is 29.6. The van der Waals surface area contributed by atoms with E-state index in [9.17, 15) is 9.59 Å². The fraction of sp³-hybridized carbons (Fsp3) is 0.481. The van der Waals surface area contributed by atoms with Crippen LogP contribution >= 0.6 is 11.8 Å². The number of carbonyl (C=O) groups excluding carboxylic acids is 2. The summed E-state index contributed by atoms with van der Waals surface area (Å²) < 4.78 is 0. The summed E-state index contributed by atoms with van der Waals surface area (Å²) >= 11 is 1.68. The van der Waals surface area contributed by atoms with Crippen LogP contribution in [0.4, 0.5) is 0 Å². The van der Waals surface area contributed by atoms with Crippen molar-refractivity contribution in [2.24, 2.45) is 0 Å². The Morgan fingerprint density at radius 1 is 1.03 bits per heavy atom. The van der Waals surface area contributed by atoms with Crippen LogP contribution in [0.25, 0.3) is 0 Å². The van der Waals surface area contributed by atoms with Crippen molar-refractivity contribution in [3.63, 3.8) is 0 Å². The number of thioether (sulfide) groups is 1. The van der Waals surface area contributed by atoms with Crippen LogP contribution in [0.1, 0.15) is 63.0 Å². The van der Waals surface area contributed by atoms with Crippen molar-refractivity contribution in [3.05, 3.63) is 65.7 Å². The van der Waals surface area contributed by atoms with Crippen LogP contribution < -0.4 is 5.32 Å². The van der Waals surface area contributed by atoms with Gasteiger partial charge in [-0.1, -0.05) is 68.7 Å². The van der Waals surface area contributed by atoms with Crippen molar-refractivity contribution in [1.82, 2.24) is 10.2 Å². The van der Waals surface area contributed by atoms with E-state index in [1.807, 2.05) is 42.2 Å². The number of benzene rings is 2. The lowest BCUT2D eigenvalue weighted by Gasteiger charge is -2.33. The molecule has 1 atom stereocenters. The maximum absolute atomic E-state index is 13.4. The lowest BCUT2D eigenvalue weighted by molar-refractivity contribution is -0.141. The Morgan fingerprint density at radius 3 is 2.41 bits per heavy atom. The maximum atomic E-state index is 13.4. The molecule has 1 fully saturated rings. The molecule has 2 aromatic rings. The number of nitrogens with zero attached hydrogens (tertiary/aromatic N) is 1. The first kappa shape index (κ1) is 24.4. The molecule has 0 spiro atoms. The van der Waals surface area contributed by atoms with Crippen molar-refractivity contribution in [2.45, 2.75) is 82.3 Å². The number of rotatable bonds is 10. The predicted octanol–water partition coefficient (Wildman–Crippen LogP) is 5.73. The fourth-order valence-electron chi connectivity index (χ4n) is 4.35. The highest BCUT2D eigenvalue weighted by Gasteiger charge is 2.30. The number of hydrogen-bond acceptors (Lipinski definition) is 3. The third kappa shape index (κ3) is 7.13. The summed E-state index contributed by atoms with van der Waals surface area (Å²) in [5.41, 5.74) is 2.24. The van der Waals surface area contributed by atoms with Crippen molar-refractivity contribution in [1.29, 1.82) is 0 Å². The minimum absolute atomic E-state index is 0.00273. The summed E-state index contributed by atoms with van der Waals surface area (Å²) in [5.74, 6) is 0.743. The van der Waals surface area contributed by atoms with E-state index in [4.69, 9.17) is 0 Å². The second kappa shape index (κ2) is 12.7. The summed E-state index contributed by atoms with van der Waals surface area (Å²) in [6.07, 6.45) is 6.71. The van der Waals surface area contributed by atoms with Crippen LogP contribution in [0.2, 0.25) is 0 Å². The predicted molar refractivity (Wildman–Crippen MR) is 133 cm³/mol. The maximum Gasteiger partial charge on any atom is 0.243 e. The molecule has 0 aromatic heterocycles. The Morgan fingerprint density at radius 2 is 1.72 bits per heavy atom. The van der Waals surface area contributed by atoms with Gasteiger partial charge in [0.25, 0.3) is 0 Å². The van der Waals surface area contributed by atoms with Crippen LogP contribution in [0.15, 0.2) is 59.5 Å². The molecule has 0 saturated heterocycles. The van der Waals surface area contributed by atoms with Gasteiger partial charge in [-0.3, -0.25) is 9.59 Å². The molecule has 1 aliphatic rings. The van der Waals surface area contributed by atoms with Crippen molar-refractivity contribution >= 4 is 23.6 Å². The van der Waals surface area contributed by atoms with Gasteiger partial charge in [0.2, 0.25) is 11.8 Å². The number of nitrogens with one attached hydrogen (secondary N) is 1. The van der Waals surface area contributed by atoms with E-state index in [1.54, 1.807) is 11.8 Å². The Bertz CT molecular complexity index is 865. The van der Waals surface area contributed by atoms with Crippen LogP contribution in [0.5, 0.6) is 0 Å². The molecule has 1 saturated carbocycles.